The van der Waals surface area contributed by atoms with Crippen LogP contribution in [0.1, 0.15) is 17.3 Å². The van der Waals surface area contributed by atoms with Crippen LogP contribution in [-0.4, -0.2) is 26.2 Å². The third-order valence-electron chi connectivity index (χ3n) is 3.81. The number of aromatic nitrogens is 4. The van der Waals surface area contributed by atoms with Crippen molar-refractivity contribution in [2.24, 2.45) is 0 Å². The molecule has 0 fully saturated rings. The maximum atomic E-state index is 12.1. The molecule has 0 bridgehead atoms. The van der Waals surface area contributed by atoms with Crippen molar-refractivity contribution in [1.29, 1.82) is 0 Å². The molecule has 0 aliphatic heterocycles. The first kappa shape index (κ1) is 17.1. The number of thiophene rings is 1. The zero-order valence-corrected chi connectivity index (χ0v) is 15.2. The van der Waals surface area contributed by atoms with Crippen LogP contribution in [0.25, 0.3) is 22.1 Å². The summed E-state index contributed by atoms with van der Waals surface area (Å²) in [5.41, 5.74) is 1.91. The summed E-state index contributed by atoms with van der Waals surface area (Å²) >= 11 is 1.52. The van der Waals surface area contributed by atoms with Gasteiger partial charge < -0.3 is 14.4 Å². The summed E-state index contributed by atoms with van der Waals surface area (Å²) in [6.45, 7) is 2.10. The Bertz CT molecular complexity index is 1050. The van der Waals surface area contributed by atoms with Gasteiger partial charge in [-0.25, -0.2) is 0 Å². The van der Waals surface area contributed by atoms with Crippen LogP contribution < -0.4 is 5.32 Å². The van der Waals surface area contributed by atoms with E-state index < -0.39 is 0 Å². The number of aryl methyl sites for hydroxylation is 1. The summed E-state index contributed by atoms with van der Waals surface area (Å²) in [5, 5.41) is 12.5. The lowest BCUT2D eigenvalue weighted by Crippen LogP contribution is -2.24. The lowest BCUT2D eigenvalue weighted by molar-refractivity contribution is -0.121. The van der Waals surface area contributed by atoms with Crippen LogP contribution in [0.5, 0.6) is 0 Å². The second kappa shape index (κ2) is 7.50. The Kier molecular flexibility index (Phi) is 4.75. The van der Waals surface area contributed by atoms with Gasteiger partial charge >= 0.3 is 0 Å². The topological polar surface area (TPSA) is 107 Å². The lowest BCUT2D eigenvalue weighted by atomic mass is 10.1. The molecule has 4 aromatic rings. The summed E-state index contributed by atoms with van der Waals surface area (Å²) < 4.78 is 10.3. The van der Waals surface area contributed by atoms with Crippen LogP contribution in [0.2, 0.25) is 0 Å². The van der Waals surface area contributed by atoms with E-state index >= 15 is 0 Å². The van der Waals surface area contributed by atoms with E-state index in [-0.39, 0.29) is 24.8 Å². The van der Waals surface area contributed by atoms with Crippen molar-refractivity contribution >= 4 is 17.2 Å². The molecule has 3 aromatic heterocycles. The van der Waals surface area contributed by atoms with E-state index in [1.54, 1.807) is 0 Å². The Balaban J connectivity index is 1.34. The second-order valence-electron chi connectivity index (χ2n) is 5.77. The molecular weight excluding hydrogens is 366 g/mol. The predicted molar refractivity (Wildman–Crippen MR) is 97.6 cm³/mol. The van der Waals surface area contributed by atoms with Gasteiger partial charge in [-0.15, -0.1) is 11.3 Å². The molecule has 0 unspecified atom stereocenters. The van der Waals surface area contributed by atoms with E-state index in [9.17, 15) is 4.79 Å². The highest BCUT2D eigenvalue weighted by Crippen LogP contribution is 2.21. The van der Waals surface area contributed by atoms with Gasteiger partial charge in [-0.1, -0.05) is 40.6 Å². The summed E-state index contributed by atoms with van der Waals surface area (Å²) in [6, 6.07) is 11.5. The fourth-order valence-corrected chi connectivity index (χ4v) is 3.12. The number of nitrogens with zero attached hydrogens (tertiary/aromatic N) is 4. The molecule has 0 saturated carbocycles. The van der Waals surface area contributed by atoms with Crippen molar-refractivity contribution in [3.05, 3.63) is 59.1 Å². The van der Waals surface area contributed by atoms with E-state index in [1.807, 2.05) is 48.7 Å². The Labute approximate surface area is 158 Å². The minimum absolute atomic E-state index is 0.0230. The molecule has 0 aliphatic rings. The second-order valence-corrected chi connectivity index (χ2v) is 6.72. The number of benzene rings is 1. The first-order chi connectivity index (χ1) is 13.2. The molecule has 0 aliphatic carbocycles. The van der Waals surface area contributed by atoms with Gasteiger partial charge in [0.1, 0.15) is 6.42 Å². The summed E-state index contributed by atoms with van der Waals surface area (Å²) in [6.07, 6.45) is -0.0230. The third kappa shape index (κ3) is 3.93. The largest absolute Gasteiger partial charge is 0.347 e. The molecule has 4 rings (SSSR count). The Morgan fingerprint density at radius 3 is 2.63 bits per heavy atom. The van der Waals surface area contributed by atoms with Gasteiger partial charge in [0.05, 0.1) is 11.4 Å². The molecule has 0 spiro atoms. The summed E-state index contributed by atoms with van der Waals surface area (Å²) in [4.78, 5) is 21.6. The van der Waals surface area contributed by atoms with Crippen molar-refractivity contribution in [2.75, 3.05) is 0 Å². The maximum Gasteiger partial charge on any atom is 0.246 e. The molecule has 136 valence electrons. The minimum atomic E-state index is -0.272. The van der Waals surface area contributed by atoms with Gasteiger partial charge in [0.25, 0.3) is 0 Å². The molecule has 9 heteroatoms. The summed E-state index contributed by atoms with van der Waals surface area (Å²) in [7, 11) is 0. The molecule has 1 amide bonds. The van der Waals surface area contributed by atoms with Crippen molar-refractivity contribution in [2.45, 2.75) is 19.9 Å². The smallest absolute Gasteiger partial charge is 0.246 e. The first-order valence-electron chi connectivity index (χ1n) is 8.21. The number of carbonyl (C=O) groups excluding carboxylic acids is 1. The zero-order valence-electron chi connectivity index (χ0n) is 14.4. The predicted octanol–water partition coefficient (Wildman–Crippen LogP) is 3.02. The number of rotatable bonds is 6. The summed E-state index contributed by atoms with van der Waals surface area (Å²) in [5.74, 6) is 1.28. The van der Waals surface area contributed by atoms with E-state index in [0.29, 0.717) is 17.5 Å². The van der Waals surface area contributed by atoms with Crippen LogP contribution in [-0.2, 0) is 17.8 Å². The number of nitrogens with one attached hydrogen (secondary N) is 1. The molecule has 0 radical (unpaired) electrons. The average molecular weight is 381 g/mol. The first-order valence-corrected chi connectivity index (χ1v) is 9.09. The van der Waals surface area contributed by atoms with Crippen LogP contribution in [0.4, 0.5) is 0 Å². The third-order valence-corrected chi connectivity index (χ3v) is 4.68. The number of hydrogen-bond acceptors (Lipinski definition) is 8. The van der Waals surface area contributed by atoms with Crippen LogP contribution in [0.15, 0.2) is 50.8 Å². The number of amides is 1. The van der Waals surface area contributed by atoms with E-state index in [4.69, 9.17) is 9.05 Å². The average Bonchev–Trinajstić information content (AvgIpc) is 3.41. The monoisotopic (exact) mass is 381 g/mol. The number of carbonyl (C=O) groups is 1. The lowest BCUT2D eigenvalue weighted by Gasteiger charge is -1.99. The van der Waals surface area contributed by atoms with Gasteiger partial charge in [-0.2, -0.15) is 9.97 Å². The van der Waals surface area contributed by atoms with E-state index in [1.165, 1.54) is 11.3 Å². The normalized spacial score (nSPS) is 10.9. The SMILES string of the molecule is Cc1ccccc1-c1noc(CC(=O)NCc2nc(-c3cccs3)no2)n1. The minimum Gasteiger partial charge on any atom is -0.347 e. The number of hydrogen-bond donors (Lipinski definition) is 1. The molecule has 1 aromatic carbocycles. The molecule has 8 nitrogen and oxygen atoms in total. The van der Waals surface area contributed by atoms with E-state index in [2.05, 4.69) is 25.6 Å². The standard InChI is InChI=1S/C18H15N5O3S/c1-11-5-2-3-6-12(11)17-20-15(25-22-17)9-14(24)19-10-16-21-18(23-26-16)13-7-4-8-27-13/h2-8H,9-10H2,1H3,(H,19,24). The zero-order chi connectivity index (χ0) is 18.6. The van der Waals surface area contributed by atoms with Crippen molar-refractivity contribution in [3.8, 4) is 22.1 Å². The van der Waals surface area contributed by atoms with E-state index in [0.717, 1.165) is 16.0 Å². The Morgan fingerprint density at radius 2 is 1.81 bits per heavy atom. The quantitative estimate of drug-likeness (QED) is 0.547. The Hall–Kier alpha value is -3.33. The highest BCUT2D eigenvalue weighted by molar-refractivity contribution is 7.13. The van der Waals surface area contributed by atoms with Crippen molar-refractivity contribution in [1.82, 2.24) is 25.6 Å². The fraction of sp³-hybridized carbons (Fsp3) is 0.167. The molecular formula is C18H15N5O3S. The van der Waals surface area contributed by atoms with Gasteiger partial charge in [0, 0.05) is 5.56 Å². The fourth-order valence-electron chi connectivity index (χ4n) is 2.47. The van der Waals surface area contributed by atoms with Crippen molar-refractivity contribution in [3.63, 3.8) is 0 Å². The maximum absolute atomic E-state index is 12.1. The molecule has 0 saturated heterocycles. The van der Waals surface area contributed by atoms with Gasteiger partial charge in [0.15, 0.2) is 0 Å². The van der Waals surface area contributed by atoms with Gasteiger partial charge in [0.2, 0.25) is 29.3 Å². The van der Waals surface area contributed by atoms with Crippen LogP contribution >= 0.6 is 11.3 Å². The van der Waals surface area contributed by atoms with Crippen LogP contribution in [0.3, 0.4) is 0 Å². The highest BCUT2D eigenvalue weighted by atomic mass is 32.1. The van der Waals surface area contributed by atoms with Gasteiger partial charge in [-0.05, 0) is 23.9 Å². The molecule has 0 atom stereocenters. The van der Waals surface area contributed by atoms with Crippen molar-refractivity contribution < 1.29 is 13.8 Å². The molecule has 27 heavy (non-hydrogen) atoms. The highest BCUT2D eigenvalue weighted by Gasteiger charge is 2.15. The van der Waals surface area contributed by atoms with Gasteiger partial charge in [-0.3, -0.25) is 4.79 Å². The Morgan fingerprint density at radius 1 is 1.04 bits per heavy atom. The molecule has 1 N–H and O–H groups in total. The molecule has 3 heterocycles. The van der Waals surface area contributed by atoms with Crippen LogP contribution in [0, 0.1) is 6.92 Å².